The lowest BCUT2D eigenvalue weighted by Crippen LogP contribution is -2.27. The van der Waals surface area contributed by atoms with Gasteiger partial charge in [0, 0.05) is 23.9 Å². The number of amides is 2. The number of rotatable bonds is 2. The molecule has 2 amide bonds. The maximum atomic E-state index is 13.3. The first-order chi connectivity index (χ1) is 16.1. The smallest absolute Gasteiger partial charge is 0.419 e. The van der Waals surface area contributed by atoms with E-state index in [1.54, 1.807) is 63.2 Å². The lowest BCUT2D eigenvalue weighted by atomic mass is 10.0. The average Bonchev–Trinajstić information content (AvgIpc) is 3.21. The molecule has 1 N–H and O–H groups in total. The Labute approximate surface area is 194 Å². The Balaban J connectivity index is 1.88. The van der Waals surface area contributed by atoms with Crippen LogP contribution in [-0.2, 0) is 4.74 Å². The quantitative estimate of drug-likeness (QED) is 0.409. The molecule has 0 radical (unpaired) electrons. The van der Waals surface area contributed by atoms with E-state index < -0.39 is 23.5 Å². The second-order valence-corrected chi connectivity index (χ2v) is 9.09. The molecular weight excluding hydrogens is 436 g/mol. The molecule has 0 saturated carbocycles. The fraction of sp³-hybridized carbons (Fsp3) is 0.192. The maximum Gasteiger partial charge on any atom is 0.419 e. The number of para-hydroxylation sites is 3. The number of hydrogen-bond acceptors (Lipinski definition) is 6. The van der Waals surface area contributed by atoms with Crippen molar-refractivity contribution in [1.82, 2.24) is 9.47 Å². The van der Waals surface area contributed by atoms with Gasteiger partial charge in [-0.1, -0.05) is 30.3 Å². The maximum absolute atomic E-state index is 13.3. The van der Waals surface area contributed by atoms with Gasteiger partial charge in [-0.3, -0.25) is 14.5 Å². The van der Waals surface area contributed by atoms with Crippen LogP contribution < -0.4 is 4.74 Å². The molecule has 8 heteroatoms. The molecule has 0 unspecified atom stereocenters. The summed E-state index contributed by atoms with van der Waals surface area (Å²) in [7, 11) is 1.40. The lowest BCUT2D eigenvalue weighted by molar-refractivity contribution is 0.0550. The van der Waals surface area contributed by atoms with Crippen LogP contribution >= 0.6 is 0 Å². The van der Waals surface area contributed by atoms with Crippen LogP contribution in [0.3, 0.4) is 0 Å². The number of phenolic OH excluding ortho intramolecular Hbond substituents is 1. The summed E-state index contributed by atoms with van der Waals surface area (Å²) in [6, 6.07) is 15.0. The molecule has 34 heavy (non-hydrogen) atoms. The van der Waals surface area contributed by atoms with Gasteiger partial charge in [0.2, 0.25) is 0 Å². The number of nitrogens with zero attached hydrogens (tertiary/aromatic N) is 2. The summed E-state index contributed by atoms with van der Waals surface area (Å²) in [6.07, 6.45) is -0.628. The number of carbonyl (C=O) groups is 3. The van der Waals surface area contributed by atoms with Gasteiger partial charge in [-0.2, -0.15) is 0 Å². The molecular formula is C26H22N2O6. The van der Waals surface area contributed by atoms with Gasteiger partial charge in [-0.25, -0.2) is 9.36 Å². The van der Waals surface area contributed by atoms with Gasteiger partial charge in [0.15, 0.2) is 11.5 Å². The van der Waals surface area contributed by atoms with E-state index in [0.29, 0.717) is 21.8 Å². The number of ether oxygens (including phenoxy) is 2. The van der Waals surface area contributed by atoms with Crippen molar-refractivity contribution in [1.29, 1.82) is 0 Å². The second kappa shape index (κ2) is 7.34. The first-order valence-electron chi connectivity index (χ1n) is 10.7. The highest BCUT2D eigenvalue weighted by atomic mass is 16.6. The first kappa shape index (κ1) is 21.5. The third kappa shape index (κ3) is 3.18. The molecule has 1 aliphatic heterocycles. The Hall–Kier alpha value is -4.33. The van der Waals surface area contributed by atoms with Gasteiger partial charge < -0.3 is 14.6 Å². The van der Waals surface area contributed by atoms with Crippen LogP contribution in [0.4, 0.5) is 4.79 Å². The van der Waals surface area contributed by atoms with Crippen molar-refractivity contribution in [3.8, 4) is 17.2 Å². The van der Waals surface area contributed by atoms with Crippen molar-refractivity contribution in [2.24, 2.45) is 0 Å². The van der Waals surface area contributed by atoms with Gasteiger partial charge in [0.25, 0.3) is 11.8 Å². The van der Waals surface area contributed by atoms with E-state index >= 15 is 0 Å². The summed E-state index contributed by atoms with van der Waals surface area (Å²) < 4.78 is 13.0. The molecule has 4 aromatic rings. The standard InChI is InChI=1S/C26H22N2O6/c1-26(2,3)34-25(32)28-15-10-6-5-9-14(15)20-16(28)13-19(33-18-12-8-7-11-17(18)29)21-22(20)24(31)27(4)23(21)30/h5-13,29H,1-4H3. The zero-order chi connectivity index (χ0) is 24.4. The summed E-state index contributed by atoms with van der Waals surface area (Å²) in [4.78, 5) is 40.6. The molecule has 0 bridgehead atoms. The largest absolute Gasteiger partial charge is 0.504 e. The number of benzene rings is 3. The number of hydrogen-bond donors (Lipinski definition) is 1. The minimum Gasteiger partial charge on any atom is -0.504 e. The molecule has 0 atom stereocenters. The third-order valence-corrected chi connectivity index (χ3v) is 5.62. The molecule has 8 nitrogen and oxygen atoms in total. The summed E-state index contributed by atoms with van der Waals surface area (Å²) in [5.41, 5.74) is 0.357. The number of phenols is 1. The van der Waals surface area contributed by atoms with E-state index in [-0.39, 0.29) is 28.4 Å². The van der Waals surface area contributed by atoms with Crippen LogP contribution in [0.25, 0.3) is 21.8 Å². The Kier molecular flexibility index (Phi) is 4.65. The van der Waals surface area contributed by atoms with Crippen molar-refractivity contribution < 1.29 is 29.0 Å². The zero-order valence-corrected chi connectivity index (χ0v) is 19.1. The molecule has 0 spiro atoms. The highest BCUT2D eigenvalue weighted by molar-refractivity contribution is 6.31. The number of aromatic nitrogens is 1. The second-order valence-electron chi connectivity index (χ2n) is 9.09. The highest BCUT2D eigenvalue weighted by Gasteiger charge is 2.40. The summed E-state index contributed by atoms with van der Waals surface area (Å²) in [5, 5.41) is 11.3. The van der Waals surface area contributed by atoms with E-state index in [0.717, 1.165) is 4.90 Å². The Bertz CT molecular complexity index is 1530. The van der Waals surface area contributed by atoms with E-state index in [4.69, 9.17) is 9.47 Å². The van der Waals surface area contributed by atoms with Gasteiger partial charge >= 0.3 is 6.09 Å². The van der Waals surface area contributed by atoms with Crippen LogP contribution in [-0.4, -0.2) is 45.1 Å². The minimum atomic E-state index is -0.757. The van der Waals surface area contributed by atoms with Gasteiger partial charge in [0.05, 0.1) is 22.2 Å². The SMILES string of the molecule is CN1C(=O)c2c(Oc3ccccc3O)cc3c(c2C1=O)c1ccccc1n3C(=O)OC(C)(C)C. The van der Waals surface area contributed by atoms with Crippen LogP contribution in [0.2, 0.25) is 0 Å². The highest BCUT2D eigenvalue weighted by Crippen LogP contribution is 2.44. The number of aromatic hydroxyl groups is 1. The Morgan fingerprint density at radius 3 is 2.24 bits per heavy atom. The minimum absolute atomic E-state index is 0.0549. The van der Waals surface area contributed by atoms with Gasteiger partial charge in [-0.15, -0.1) is 0 Å². The third-order valence-electron chi connectivity index (χ3n) is 5.62. The fourth-order valence-electron chi connectivity index (χ4n) is 4.20. The van der Waals surface area contributed by atoms with E-state index in [2.05, 4.69) is 0 Å². The molecule has 2 heterocycles. The molecule has 3 aromatic carbocycles. The van der Waals surface area contributed by atoms with Crippen molar-refractivity contribution in [2.75, 3.05) is 7.05 Å². The van der Waals surface area contributed by atoms with Gasteiger partial charge in [-0.05, 0) is 39.0 Å². The first-order valence-corrected chi connectivity index (χ1v) is 10.7. The number of carbonyl (C=O) groups excluding carboxylic acids is 3. The monoisotopic (exact) mass is 458 g/mol. The molecule has 5 rings (SSSR count). The molecule has 1 aliphatic rings. The molecule has 0 saturated heterocycles. The average molecular weight is 458 g/mol. The molecule has 1 aromatic heterocycles. The number of fused-ring (bicyclic) bond motifs is 5. The summed E-state index contributed by atoms with van der Waals surface area (Å²) in [6.45, 7) is 5.29. The molecule has 0 fully saturated rings. The molecule has 172 valence electrons. The van der Waals surface area contributed by atoms with E-state index in [1.165, 1.54) is 23.7 Å². The summed E-state index contributed by atoms with van der Waals surface area (Å²) in [5.74, 6) is -0.992. The van der Waals surface area contributed by atoms with E-state index in [1.807, 2.05) is 0 Å². The van der Waals surface area contributed by atoms with Crippen molar-refractivity contribution >= 4 is 39.7 Å². The van der Waals surface area contributed by atoms with Crippen LogP contribution in [0.15, 0.2) is 54.6 Å². The van der Waals surface area contributed by atoms with Crippen molar-refractivity contribution in [3.63, 3.8) is 0 Å². The van der Waals surface area contributed by atoms with Crippen LogP contribution in [0, 0.1) is 0 Å². The summed E-state index contributed by atoms with van der Waals surface area (Å²) >= 11 is 0. The van der Waals surface area contributed by atoms with Crippen molar-refractivity contribution in [3.05, 3.63) is 65.7 Å². The Morgan fingerprint density at radius 2 is 1.53 bits per heavy atom. The van der Waals surface area contributed by atoms with Crippen LogP contribution in [0.1, 0.15) is 41.5 Å². The normalized spacial score (nSPS) is 13.6. The Morgan fingerprint density at radius 1 is 0.882 bits per heavy atom. The zero-order valence-electron chi connectivity index (χ0n) is 19.1. The van der Waals surface area contributed by atoms with Gasteiger partial charge in [0.1, 0.15) is 11.4 Å². The lowest BCUT2D eigenvalue weighted by Gasteiger charge is -2.20. The topological polar surface area (TPSA) is 98.1 Å². The van der Waals surface area contributed by atoms with Crippen LogP contribution in [0.5, 0.6) is 17.2 Å². The fourth-order valence-corrected chi connectivity index (χ4v) is 4.20. The van der Waals surface area contributed by atoms with Crippen molar-refractivity contribution in [2.45, 2.75) is 26.4 Å². The predicted octanol–water partition coefficient (Wildman–Crippen LogP) is 5.30. The number of imide groups is 1. The molecule has 0 aliphatic carbocycles. The van der Waals surface area contributed by atoms with E-state index in [9.17, 15) is 19.5 Å². The predicted molar refractivity (Wildman–Crippen MR) is 126 cm³/mol.